The summed E-state index contributed by atoms with van der Waals surface area (Å²) >= 11 is 6.03. The van der Waals surface area contributed by atoms with Crippen molar-refractivity contribution in [3.8, 4) is 0 Å². The summed E-state index contributed by atoms with van der Waals surface area (Å²) in [7, 11) is 0. The number of anilines is 1. The SMILES string of the molecule is CC(C)(C)OC(=O)N(C(=O)C[C@@H]1C[C@@H]2C[C@H](c3ccnc4ccc(F)cc34)C[C@@H]2C1)c1ccc(Cl)cc1. The number of aromatic nitrogens is 1. The second kappa shape index (κ2) is 10.1. The summed E-state index contributed by atoms with van der Waals surface area (Å²) in [5, 5.41) is 1.43. The summed E-state index contributed by atoms with van der Waals surface area (Å²) in [6, 6.07) is 13.5. The van der Waals surface area contributed by atoms with Crippen molar-refractivity contribution in [2.24, 2.45) is 17.8 Å². The first-order valence-corrected chi connectivity index (χ1v) is 13.3. The van der Waals surface area contributed by atoms with Crippen LogP contribution in [-0.2, 0) is 9.53 Å². The molecule has 0 radical (unpaired) electrons. The number of benzene rings is 2. The Morgan fingerprint density at radius 2 is 1.70 bits per heavy atom. The zero-order valence-electron chi connectivity index (χ0n) is 21.4. The van der Waals surface area contributed by atoms with Crippen molar-refractivity contribution in [3.05, 3.63) is 71.1 Å². The van der Waals surface area contributed by atoms with Gasteiger partial charge in [0.15, 0.2) is 0 Å². The second-order valence-electron chi connectivity index (χ2n) is 11.5. The average Bonchev–Trinajstić information content (AvgIpc) is 3.37. The van der Waals surface area contributed by atoms with E-state index in [1.807, 2.05) is 12.3 Å². The second-order valence-corrected chi connectivity index (χ2v) is 11.9. The third kappa shape index (κ3) is 5.64. The molecule has 0 spiro atoms. The Hall–Kier alpha value is -2.99. The van der Waals surface area contributed by atoms with Gasteiger partial charge in [-0.05, 0) is 124 Å². The molecule has 2 aliphatic carbocycles. The highest BCUT2D eigenvalue weighted by molar-refractivity contribution is 6.30. The molecule has 0 bridgehead atoms. The van der Waals surface area contributed by atoms with Crippen LogP contribution in [0.25, 0.3) is 10.9 Å². The lowest BCUT2D eigenvalue weighted by atomic mass is 9.89. The zero-order valence-corrected chi connectivity index (χ0v) is 22.2. The monoisotopic (exact) mass is 522 g/mol. The Balaban J connectivity index is 1.27. The number of carbonyl (C=O) groups is 2. The van der Waals surface area contributed by atoms with Gasteiger partial charge in [0, 0.05) is 23.0 Å². The fourth-order valence-corrected chi connectivity index (χ4v) is 6.37. The predicted molar refractivity (Wildman–Crippen MR) is 143 cm³/mol. The Kier molecular flexibility index (Phi) is 6.97. The third-order valence-electron chi connectivity index (χ3n) is 7.66. The van der Waals surface area contributed by atoms with Gasteiger partial charge in [0.2, 0.25) is 5.91 Å². The van der Waals surface area contributed by atoms with Crippen LogP contribution in [-0.4, -0.2) is 22.6 Å². The van der Waals surface area contributed by atoms with E-state index in [1.165, 1.54) is 11.6 Å². The number of nitrogens with zero attached hydrogens (tertiary/aromatic N) is 2. The van der Waals surface area contributed by atoms with Crippen LogP contribution in [0, 0.1) is 23.6 Å². The minimum atomic E-state index is -0.721. The summed E-state index contributed by atoms with van der Waals surface area (Å²) in [4.78, 5) is 32.0. The summed E-state index contributed by atoms with van der Waals surface area (Å²) in [6.45, 7) is 5.35. The van der Waals surface area contributed by atoms with Gasteiger partial charge in [0.25, 0.3) is 0 Å². The van der Waals surface area contributed by atoms with Gasteiger partial charge >= 0.3 is 6.09 Å². The van der Waals surface area contributed by atoms with Crippen molar-refractivity contribution in [2.45, 2.75) is 64.4 Å². The third-order valence-corrected chi connectivity index (χ3v) is 7.92. The lowest BCUT2D eigenvalue weighted by Gasteiger charge is -2.27. The molecule has 5 rings (SSSR count). The largest absolute Gasteiger partial charge is 0.443 e. The molecule has 1 heterocycles. The van der Waals surface area contributed by atoms with Gasteiger partial charge in [0.1, 0.15) is 11.4 Å². The lowest BCUT2D eigenvalue weighted by molar-refractivity contribution is -0.119. The van der Waals surface area contributed by atoms with Gasteiger partial charge in [-0.1, -0.05) is 11.6 Å². The minimum Gasteiger partial charge on any atom is -0.443 e. The molecule has 0 aliphatic heterocycles. The maximum atomic E-state index is 14.0. The summed E-state index contributed by atoms with van der Waals surface area (Å²) in [5.74, 6) is 1.12. The summed E-state index contributed by atoms with van der Waals surface area (Å²) < 4.78 is 19.5. The molecule has 2 aliphatic rings. The minimum absolute atomic E-state index is 0.215. The molecule has 7 heteroatoms. The lowest BCUT2D eigenvalue weighted by Crippen LogP contribution is -2.41. The fraction of sp³-hybridized carbons (Fsp3) is 0.433. The first-order chi connectivity index (χ1) is 17.6. The number of carbonyl (C=O) groups excluding carboxylic acids is 2. The maximum absolute atomic E-state index is 14.0. The van der Waals surface area contributed by atoms with E-state index in [0.717, 1.165) is 41.5 Å². The van der Waals surface area contributed by atoms with Gasteiger partial charge < -0.3 is 4.74 Å². The quantitative estimate of drug-likeness (QED) is 0.349. The van der Waals surface area contributed by atoms with E-state index in [0.29, 0.717) is 34.9 Å². The zero-order chi connectivity index (χ0) is 26.3. The van der Waals surface area contributed by atoms with Crippen molar-refractivity contribution in [2.75, 3.05) is 4.90 Å². The van der Waals surface area contributed by atoms with E-state index in [9.17, 15) is 14.0 Å². The topological polar surface area (TPSA) is 59.5 Å². The summed E-state index contributed by atoms with van der Waals surface area (Å²) in [6.07, 6.45) is 5.39. The molecule has 194 valence electrons. The maximum Gasteiger partial charge on any atom is 0.421 e. The van der Waals surface area contributed by atoms with Crippen molar-refractivity contribution in [1.29, 1.82) is 0 Å². The van der Waals surface area contributed by atoms with Gasteiger partial charge in [-0.25, -0.2) is 14.1 Å². The van der Waals surface area contributed by atoms with Gasteiger partial charge in [0.05, 0.1) is 11.2 Å². The molecular formula is C30H32ClFN2O3. The molecule has 4 atom stereocenters. The van der Waals surface area contributed by atoms with Crippen molar-refractivity contribution in [1.82, 2.24) is 4.98 Å². The molecule has 2 aromatic carbocycles. The molecule has 0 N–H and O–H groups in total. The molecule has 0 saturated heterocycles. The highest BCUT2D eigenvalue weighted by Crippen LogP contribution is 2.54. The first-order valence-electron chi connectivity index (χ1n) is 12.9. The van der Waals surface area contributed by atoms with E-state index in [2.05, 4.69) is 4.98 Å². The number of fused-ring (bicyclic) bond motifs is 2. The number of pyridine rings is 1. The van der Waals surface area contributed by atoms with E-state index >= 15 is 0 Å². The van der Waals surface area contributed by atoms with Crippen LogP contribution in [0.15, 0.2) is 54.7 Å². The van der Waals surface area contributed by atoms with Gasteiger partial charge in [-0.3, -0.25) is 9.78 Å². The highest BCUT2D eigenvalue weighted by Gasteiger charge is 2.43. The number of hydrogen-bond donors (Lipinski definition) is 0. The van der Waals surface area contributed by atoms with Crippen molar-refractivity contribution < 1.29 is 18.7 Å². The van der Waals surface area contributed by atoms with Gasteiger partial charge in [-0.2, -0.15) is 0 Å². The first kappa shape index (κ1) is 25.7. The number of amides is 2. The highest BCUT2D eigenvalue weighted by atomic mass is 35.5. The van der Waals surface area contributed by atoms with Crippen LogP contribution in [0.5, 0.6) is 0 Å². The number of hydrogen-bond acceptors (Lipinski definition) is 4. The number of imide groups is 1. The smallest absolute Gasteiger partial charge is 0.421 e. The molecule has 2 saturated carbocycles. The average molecular weight is 523 g/mol. The Morgan fingerprint density at radius 1 is 1.03 bits per heavy atom. The molecule has 0 unspecified atom stereocenters. The van der Waals surface area contributed by atoms with Crippen molar-refractivity contribution in [3.63, 3.8) is 0 Å². The standard InChI is InChI=1S/C30H32ClFN2O3/c1-30(2,3)37-29(36)34(24-7-4-22(31)5-8-24)28(35)14-18-12-19-15-21(16-20(19)13-18)25-10-11-33-27-9-6-23(32)17-26(25)27/h4-11,17-21H,12-16H2,1-3H3/t18-,19-,20+,21+. The van der Waals surface area contributed by atoms with Crippen LogP contribution in [0.3, 0.4) is 0 Å². The molecule has 2 fully saturated rings. The molecule has 37 heavy (non-hydrogen) atoms. The summed E-state index contributed by atoms with van der Waals surface area (Å²) in [5.41, 5.74) is 1.73. The number of ether oxygens (including phenoxy) is 1. The van der Waals surface area contributed by atoms with E-state index in [-0.39, 0.29) is 17.6 Å². The van der Waals surface area contributed by atoms with Crippen LogP contribution >= 0.6 is 11.6 Å². The fourth-order valence-electron chi connectivity index (χ4n) is 6.25. The Bertz CT molecular complexity index is 1310. The molecule has 3 aromatic rings. The Labute approximate surface area is 222 Å². The van der Waals surface area contributed by atoms with Crippen LogP contribution in [0.2, 0.25) is 5.02 Å². The molecule has 1 aromatic heterocycles. The molecular weight excluding hydrogens is 491 g/mol. The van der Waals surface area contributed by atoms with Crippen LogP contribution in [0.1, 0.15) is 64.4 Å². The normalized spacial score (nSPS) is 23.2. The number of rotatable bonds is 4. The predicted octanol–water partition coefficient (Wildman–Crippen LogP) is 7.91. The van der Waals surface area contributed by atoms with Crippen molar-refractivity contribution >= 4 is 40.2 Å². The number of halogens is 2. The Morgan fingerprint density at radius 3 is 2.35 bits per heavy atom. The van der Waals surface area contributed by atoms with Crippen LogP contribution < -0.4 is 4.90 Å². The van der Waals surface area contributed by atoms with Gasteiger partial charge in [-0.15, -0.1) is 0 Å². The van der Waals surface area contributed by atoms with Crippen LogP contribution in [0.4, 0.5) is 14.9 Å². The molecule has 5 nitrogen and oxygen atoms in total. The van der Waals surface area contributed by atoms with E-state index < -0.39 is 11.7 Å². The molecule has 2 amide bonds. The van der Waals surface area contributed by atoms with E-state index in [1.54, 1.807) is 57.2 Å². The van der Waals surface area contributed by atoms with E-state index in [4.69, 9.17) is 16.3 Å².